The Morgan fingerprint density at radius 2 is 1.40 bits per heavy atom. The van der Waals surface area contributed by atoms with Gasteiger partial charge in [0, 0.05) is 59.1 Å². The monoisotopic (exact) mass is 647 g/mol. The zero-order valence-electron chi connectivity index (χ0n) is 25.3. The molecule has 3 aromatic heterocycles. The van der Waals surface area contributed by atoms with Crippen LogP contribution in [0.2, 0.25) is 10.0 Å². The largest absolute Gasteiger partial charge is 0.441 e. The van der Waals surface area contributed by atoms with Gasteiger partial charge in [-0.15, -0.1) is 0 Å². The van der Waals surface area contributed by atoms with Crippen LogP contribution >= 0.6 is 23.2 Å². The van der Waals surface area contributed by atoms with Gasteiger partial charge in [0.1, 0.15) is 5.76 Å². The summed E-state index contributed by atoms with van der Waals surface area (Å²) >= 11 is 12.3. The molecule has 0 saturated heterocycles. The van der Waals surface area contributed by atoms with E-state index in [1.165, 1.54) is 13.8 Å². The van der Waals surface area contributed by atoms with E-state index in [4.69, 9.17) is 41.6 Å². The maximum atomic E-state index is 11.3. The summed E-state index contributed by atoms with van der Waals surface area (Å²) < 4.78 is 16.6. The van der Waals surface area contributed by atoms with Crippen molar-refractivity contribution in [2.45, 2.75) is 53.4 Å². The quantitative estimate of drug-likeness (QED) is 0.175. The molecule has 0 unspecified atom stereocenters. The lowest BCUT2D eigenvalue weighted by Crippen LogP contribution is -2.05. The standard InChI is InChI=1S/C23H21Cl2N3O3.C10H10N2O2/c1-12(2)22-20(27-23(30-22)16-6-4-14(24)10-18(16)25)9-8-19-17-7-5-15(26-13(3)29)11-21(17)31-28-19;1-6-9-4-3-8(11-7(2)13)5-10(9)14-12-6/h4-7,10-12H,8-9H2,1-3H3,(H,26,29);3-5H,1-2H3,(H,11,13). The predicted molar refractivity (Wildman–Crippen MR) is 175 cm³/mol. The topological polar surface area (TPSA) is 136 Å². The Kier molecular flexibility index (Phi) is 9.55. The van der Waals surface area contributed by atoms with Crippen LogP contribution in [0.1, 0.15) is 56.5 Å². The smallest absolute Gasteiger partial charge is 0.228 e. The molecule has 2 amide bonds. The number of amides is 2. The third kappa shape index (κ3) is 7.53. The number of nitrogens with zero attached hydrogens (tertiary/aromatic N) is 3. The van der Waals surface area contributed by atoms with Crippen molar-refractivity contribution in [3.05, 3.63) is 87.5 Å². The Labute approximate surface area is 269 Å². The summed E-state index contributed by atoms with van der Waals surface area (Å²) in [5.74, 6) is 1.23. The van der Waals surface area contributed by atoms with Gasteiger partial charge < -0.3 is 24.1 Å². The van der Waals surface area contributed by atoms with E-state index >= 15 is 0 Å². The van der Waals surface area contributed by atoms with Gasteiger partial charge in [-0.2, -0.15) is 0 Å². The van der Waals surface area contributed by atoms with Gasteiger partial charge >= 0.3 is 0 Å². The first kappa shape index (κ1) is 31.7. The zero-order chi connectivity index (χ0) is 32.2. The molecule has 0 aliphatic heterocycles. The minimum atomic E-state index is -0.136. The molecular formula is C33H31Cl2N5O5. The van der Waals surface area contributed by atoms with Crippen molar-refractivity contribution >= 4 is 68.3 Å². The number of carbonyl (C=O) groups excluding carboxylic acids is 2. The van der Waals surface area contributed by atoms with E-state index in [1.807, 2.05) is 37.3 Å². The fourth-order valence-corrected chi connectivity index (χ4v) is 5.29. The third-order valence-electron chi connectivity index (χ3n) is 6.85. The summed E-state index contributed by atoms with van der Waals surface area (Å²) in [6.45, 7) is 8.93. The Bertz CT molecular complexity index is 2010. The third-order valence-corrected chi connectivity index (χ3v) is 7.40. The number of halogens is 2. The molecule has 0 spiro atoms. The molecule has 0 fully saturated rings. The number of aryl methyl sites for hydroxylation is 3. The number of benzene rings is 3. The number of hydrogen-bond acceptors (Lipinski definition) is 8. The molecule has 232 valence electrons. The number of anilines is 2. The van der Waals surface area contributed by atoms with Gasteiger partial charge in [0.2, 0.25) is 17.7 Å². The average Bonchev–Trinajstić information content (AvgIpc) is 3.68. The normalized spacial score (nSPS) is 11.1. The van der Waals surface area contributed by atoms with Crippen molar-refractivity contribution in [1.82, 2.24) is 15.3 Å². The molecule has 12 heteroatoms. The molecule has 6 rings (SSSR count). The molecule has 0 atom stereocenters. The minimum absolute atomic E-state index is 0.0967. The Balaban J connectivity index is 0.000000238. The molecule has 0 radical (unpaired) electrons. The number of oxazole rings is 1. The van der Waals surface area contributed by atoms with Gasteiger partial charge in [-0.25, -0.2) is 4.98 Å². The van der Waals surface area contributed by atoms with Crippen LogP contribution in [0.4, 0.5) is 11.4 Å². The number of fused-ring (bicyclic) bond motifs is 2. The maximum absolute atomic E-state index is 11.3. The molecule has 0 aliphatic rings. The van der Waals surface area contributed by atoms with Crippen molar-refractivity contribution in [1.29, 1.82) is 0 Å². The van der Waals surface area contributed by atoms with Crippen LogP contribution in [0.5, 0.6) is 0 Å². The maximum Gasteiger partial charge on any atom is 0.228 e. The molecule has 6 aromatic rings. The van der Waals surface area contributed by atoms with Crippen LogP contribution in [-0.2, 0) is 22.4 Å². The molecule has 0 saturated carbocycles. The van der Waals surface area contributed by atoms with E-state index in [0.717, 1.165) is 39.3 Å². The molecule has 45 heavy (non-hydrogen) atoms. The van der Waals surface area contributed by atoms with Gasteiger partial charge in [0.25, 0.3) is 0 Å². The van der Waals surface area contributed by atoms with Gasteiger partial charge in [-0.1, -0.05) is 47.4 Å². The highest BCUT2D eigenvalue weighted by Crippen LogP contribution is 2.34. The highest BCUT2D eigenvalue weighted by Gasteiger charge is 2.20. The van der Waals surface area contributed by atoms with Crippen molar-refractivity contribution in [3.63, 3.8) is 0 Å². The van der Waals surface area contributed by atoms with Crippen LogP contribution in [0.3, 0.4) is 0 Å². The van der Waals surface area contributed by atoms with Crippen LogP contribution in [0, 0.1) is 6.92 Å². The first-order valence-electron chi connectivity index (χ1n) is 14.2. The second kappa shape index (κ2) is 13.5. The second-order valence-corrected chi connectivity index (χ2v) is 11.6. The molecule has 3 aromatic carbocycles. The second-order valence-electron chi connectivity index (χ2n) is 10.8. The Morgan fingerprint density at radius 1 is 0.800 bits per heavy atom. The lowest BCUT2D eigenvalue weighted by molar-refractivity contribution is -0.115. The summed E-state index contributed by atoms with van der Waals surface area (Å²) in [5.41, 5.74) is 5.96. The van der Waals surface area contributed by atoms with E-state index in [-0.39, 0.29) is 17.7 Å². The van der Waals surface area contributed by atoms with Crippen molar-refractivity contribution in [2.24, 2.45) is 0 Å². The number of rotatable bonds is 7. The van der Waals surface area contributed by atoms with Crippen LogP contribution in [0.15, 0.2) is 68.1 Å². The van der Waals surface area contributed by atoms with E-state index < -0.39 is 0 Å². The van der Waals surface area contributed by atoms with E-state index in [2.05, 4.69) is 34.8 Å². The zero-order valence-corrected chi connectivity index (χ0v) is 26.8. The number of nitrogens with one attached hydrogen (secondary N) is 2. The van der Waals surface area contributed by atoms with Gasteiger partial charge in [0.15, 0.2) is 11.2 Å². The molecule has 0 aliphatic carbocycles. The molecule has 3 heterocycles. The van der Waals surface area contributed by atoms with Crippen LogP contribution < -0.4 is 10.6 Å². The first-order chi connectivity index (χ1) is 21.5. The highest BCUT2D eigenvalue weighted by atomic mass is 35.5. The summed E-state index contributed by atoms with van der Waals surface area (Å²) in [7, 11) is 0. The van der Waals surface area contributed by atoms with Crippen LogP contribution in [-0.4, -0.2) is 27.1 Å². The summed E-state index contributed by atoms with van der Waals surface area (Å²) in [6, 6.07) is 16.2. The molecular weight excluding hydrogens is 617 g/mol. The molecule has 2 N–H and O–H groups in total. The summed E-state index contributed by atoms with van der Waals surface area (Å²) in [6.07, 6.45) is 1.27. The predicted octanol–water partition coefficient (Wildman–Crippen LogP) is 8.75. The van der Waals surface area contributed by atoms with E-state index in [9.17, 15) is 9.59 Å². The fraction of sp³-hybridized carbons (Fsp3) is 0.242. The SMILES string of the molecule is CC(=O)Nc1ccc2c(C)noc2c1.CC(=O)Nc1ccc2c(CCc3nc(-c4ccc(Cl)cc4Cl)oc3C(C)C)noc2c1. The van der Waals surface area contributed by atoms with Gasteiger partial charge in [-0.3, -0.25) is 9.59 Å². The number of aromatic nitrogens is 3. The van der Waals surface area contributed by atoms with Gasteiger partial charge in [0.05, 0.1) is 27.7 Å². The van der Waals surface area contributed by atoms with Crippen molar-refractivity contribution in [3.8, 4) is 11.5 Å². The summed E-state index contributed by atoms with van der Waals surface area (Å²) in [4.78, 5) is 26.8. The lowest BCUT2D eigenvalue weighted by Gasteiger charge is -2.03. The first-order valence-corrected chi connectivity index (χ1v) is 15.0. The number of hydrogen-bond donors (Lipinski definition) is 2. The minimum Gasteiger partial charge on any atom is -0.441 e. The molecule has 0 bridgehead atoms. The lowest BCUT2D eigenvalue weighted by atomic mass is 10.0. The fourth-order valence-electron chi connectivity index (χ4n) is 4.80. The molecule has 10 nitrogen and oxygen atoms in total. The van der Waals surface area contributed by atoms with Crippen molar-refractivity contribution < 1.29 is 23.1 Å². The van der Waals surface area contributed by atoms with Crippen molar-refractivity contribution in [2.75, 3.05) is 10.6 Å². The number of carbonyl (C=O) groups is 2. The summed E-state index contributed by atoms with van der Waals surface area (Å²) in [5, 5.41) is 16.4. The Morgan fingerprint density at radius 3 is 2.02 bits per heavy atom. The highest BCUT2D eigenvalue weighted by molar-refractivity contribution is 6.36. The van der Waals surface area contributed by atoms with Crippen LogP contribution in [0.25, 0.3) is 33.4 Å². The Hall–Kier alpha value is -4.67. The van der Waals surface area contributed by atoms with Gasteiger partial charge in [-0.05, 0) is 62.2 Å². The van der Waals surface area contributed by atoms with E-state index in [1.54, 1.807) is 24.3 Å². The average molecular weight is 649 g/mol. The van der Waals surface area contributed by atoms with E-state index in [0.29, 0.717) is 51.2 Å².